The minimum atomic E-state index is -0.0323. The Kier molecular flexibility index (Phi) is 4.92. The van der Waals surface area contributed by atoms with Gasteiger partial charge in [0.05, 0.1) is 0 Å². The fraction of sp³-hybridized carbons (Fsp3) is 0.500. The minimum Gasteiger partial charge on any atom is -0.342 e. The molecule has 2 aromatic heterocycles. The second-order valence-electron chi connectivity index (χ2n) is 7.66. The SMILES string of the molecule is O=C1CCC2(CCN(C(=O)c3ncc[nH]3)CC2)CN1CCc1cccnc1. The van der Waals surface area contributed by atoms with Crippen LogP contribution in [0.5, 0.6) is 0 Å². The summed E-state index contributed by atoms with van der Waals surface area (Å²) in [5, 5.41) is 0. The van der Waals surface area contributed by atoms with Crippen LogP contribution in [0.4, 0.5) is 0 Å². The number of nitrogens with one attached hydrogen (secondary N) is 1. The highest BCUT2D eigenvalue weighted by atomic mass is 16.2. The zero-order chi connectivity index (χ0) is 18.7. The van der Waals surface area contributed by atoms with Gasteiger partial charge < -0.3 is 14.8 Å². The van der Waals surface area contributed by atoms with Crippen molar-refractivity contribution in [3.05, 3.63) is 48.3 Å². The first-order chi connectivity index (χ1) is 13.2. The fourth-order valence-corrected chi connectivity index (χ4v) is 4.24. The summed E-state index contributed by atoms with van der Waals surface area (Å²) >= 11 is 0. The maximum absolute atomic E-state index is 12.5. The molecule has 0 bridgehead atoms. The Morgan fingerprint density at radius 3 is 2.78 bits per heavy atom. The Labute approximate surface area is 158 Å². The van der Waals surface area contributed by atoms with E-state index in [0.29, 0.717) is 12.2 Å². The summed E-state index contributed by atoms with van der Waals surface area (Å²) in [7, 11) is 0. The average molecular weight is 367 g/mol. The van der Waals surface area contributed by atoms with Crippen LogP contribution in [0.3, 0.4) is 0 Å². The average Bonchev–Trinajstić information content (AvgIpc) is 3.25. The van der Waals surface area contributed by atoms with Gasteiger partial charge in [-0.1, -0.05) is 6.07 Å². The molecule has 0 aliphatic carbocycles. The van der Waals surface area contributed by atoms with Gasteiger partial charge in [0.25, 0.3) is 5.91 Å². The number of pyridine rings is 1. The molecule has 2 fully saturated rings. The van der Waals surface area contributed by atoms with E-state index in [1.54, 1.807) is 18.6 Å². The van der Waals surface area contributed by atoms with Gasteiger partial charge in [0.2, 0.25) is 5.91 Å². The van der Waals surface area contributed by atoms with Crippen LogP contribution in [0.2, 0.25) is 0 Å². The molecule has 7 nitrogen and oxygen atoms in total. The molecular formula is C20H25N5O2. The predicted molar refractivity (Wildman–Crippen MR) is 99.9 cm³/mol. The Bertz CT molecular complexity index is 782. The Morgan fingerprint density at radius 1 is 1.22 bits per heavy atom. The maximum Gasteiger partial charge on any atom is 0.289 e. The van der Waals surface area contributed by atoms with Gasteiger partial charge in [0.15, 0.2) is 5.82 Å². The summed E-state index contributed by atoms with van der Waals surface area (Å²) < 4.78 is 0. The van der Waals surface area contributed by atoms with Gasteiger partial charge in [-0.15, -0.1) is 0 Å². The number of rotatable bonds is 4. The van der Waals surface area contributed by atoms with Crippen molar-refractivity contribution < 1.29 is 9.59 Å². The van der Waals surface area contributed by atoms with E-state index < -0.39 is 0 Å². The first-order valence-electron chi connectivity index (χ1n) is 9.61. The second kappa shape index (κ2) is 7.50. The van der Waals surface area contributed by atoms with E-state index in [-0.39, 0.29) is 17.2 Å². The molecule has 1 N–H and O–H groups in total. The number of imidazole rings is 1. The molecule has 4 rings (SSSR count). The van der Waals surface area contributed by atoms with E-state index in [9.17, 15) is 9.59 Å². The normalized spacial score (nSPS) is 19.5. The number of hydrogen-bond acceptors (Lipinski definition) is 4. The largest absolute Gasteiger partial charge is 0.342 e. The van der Waals surface area contributed by atoms with Gasteiger partial charge in [0, 0.05) is 57.4 Å². The molecule has 142 valence electrons. The van der Waals surface area contributed by atoms with Gasteiger partial charge in [-0.05, 0) is 42.7 Å². The quantitative estimate of drug-likeness (QED) is 0.895. The zero-order valence-corrected chi connectivity index (χ0v) is 15.4. The number of carbonyl (C=O) groups is 2. The monoisotopic (exact) mass is 367 g/mol. The highest BCUT2D eigenvalue weighted by Crippen LogP contribution is 2.40. The lowest BCUT2D eigenvalue weighted by molar-refractivity contribution is -0.138. The van der Waals surface area contributed by atoms with E-state index in [2.05, 4.69) is 21.0 Å². The molecule has 0 saturated carbocycles. The molecule has 27 heavy (non-hydrogen) atoms. The Morgan fingerprint density at radius 2 is 2.07 bits per heavy atom. The fourth-order valence-electron chi connectivity index (χ4n) is 4.24. The van der Waals surface area contributed by atoms with Crippen molar-refractivity contribution in [1.82, 2.24) is 24.8 Å². The zero-order valence-electron chi connectivity index (χ0n) is 15.4. The molecule has 2 amide bonds. The summed E-state index contributed by atoms with van der Waals surface area (Å²) in [6.45, 7) is 2.99. The molecule has 7 heteroatoms. The third-order valence-corrected chi connectivity index (χ3v) is 5.95. The van der Waals surface area contributed by atoms with E-state index in [0.717, 1.165) is 57.4 Å². The molecule has 0 unspecified atom stereocenters. The van der Waals surface area contributed by atoms with Gasteiger partial charge in [-0.25, -0.2) is 4.98 Å². The van der Waals surface area contributed by atoms with E-state index in [1.165, 1.54) is 0 Å². The van der Waals surface area contributed by atoms with Crippen LogP contribution in [0.15, 0.2) is 36.9 Å². The number of hydrogen-bond donors (Lipinski definition) is 1. The van der Waals surface area contributed by atoms with Crippen LogP contribution in [-0.2, 0) is 11.2 Å². The molecule has 0 atom stereocenters. The number of likely N-dealkylation sites (tertiary alicyclic amines) is 2. The summed E-state index contributed by atoms with van der Waals surface area (Å²) in [5.41, 5.74) is 1.30. The lowest BCUT2D eigenvalue weighted by atomic mass is 9.72. The van der Waals surface area contributed by atoms with E-state index in [1.807, 2.05) is 22.1 Å². The number of nitrogens with zero attached hydrogens (tertiary/aromatic N) is 4. The Hall–Kier alpha value is -2.70. The molecule has 2 aliphatic rings. The van der Waals surface area contributed by atoms with Crippen molar-refractivity contribution in [2.24, 2.45) is 5.41 Å². The highest BCUT2D eigenvalue weighted by molar-refractivity contribution is 5.90. The molecular weight excluding hydrogens is 342 g/mol. The maximum atomic E-state index is 12.5. The van der Waals surface area contributed by atoms with Gasteiger partial charge in [-0.3, -0.25) is 14.6 Å². The predicted octanol–water partition coefficient (Wildman–Crippen LogP) is 1.89. The van der Waals surface area contributed by atoms with Crippen molar-refractivity contribution in [1.29, 1.82) is 0 Å². The number of aromatic amines is 1. The van der Waals surface area contributed by atoms with Crippen LogP contribution < -0.4 is 0 Å². The van der Waals surface area contributed by atoms with Crippen LogP contribution in [0.1, 0.15) is 41.9 Å². The van der Waals surface area contributed by atoms with Crippen molar-refractivity contribution in [2.75, 3.05) is 26.2 Å². The summed E-state index contributed by atoms with van der Waals surface area (Å²) in [6, 6.07) is 3.98. The standard InChI is InChI=1S/C20H25N5O2/c26-17-3-5-20(15-25(17)11-4-16-2-1-8-21-14-16)6-12-24(13-7-20)19(27)18-22-9-10-23-18/h1-2,8-10,14H,3-7,11-13,15H2,(H,22,23). The first-order valence-corrected chi connectivity index (χ1v) is 9.61. The number of carbonyl (C=O) groups excluding carboxylic acids is 2. The van der Waals surface area contributed by atoms with Crippen molar-refractivity contribution >= 4 is 11.8 Å². The van der Waals surface area contributed by atoms with E-state index >= 15 is 0 Å². The van der Waals surface area contributed by atoms with Crippen molar-refractivity contribution in [3.63, 3.8) is 0 Å². The smallest absolute Gasteiger partial charge is 0.289 e. The molecule has 2 aromatic rings. The number of H-pyrrole nitrogens is 1. The highest BCUT2D eigenvalue weighted by Gasteiger charge is 2.41. The lowest BCUT2D eigenvalue weighted by Gasteiger charge is -2.47. The summed E-state index contributed by atoms with van der Waals surface area (Å²) in [6.07, 6.45) is 11.2. The third kappa shape index (κ3) is 3.86. The minimum absolute atomic E-state index is 0.0323. The van der Waals surface area contributed by atoms with Crippen molar-refractivity contribution in [3.8, 4) is 0 Å². The van der Waals surface area contributed by atoms with Crippen molar-refractivity contribution in [2.45, 2.75) is 32.1 Å². The number of amides is 2. The molecule has 1 spiro atoms. The number of piperidine rings is 2. The van der Waals surface area contributed by atoms with Gasteiger partial charge in [-0.2, -0.15) is 0 Å². The number of aromatic nitrogens is 3. The molecule has 0 radical (unpaired) electrons. The second-order valence-corrected chi connectivity index (χ2v) is 7.66. The van der Waals surface area contributed by atoms with Crippen LogP contribution in [0.25, 0.3) is 0 Å². The first kappa shape index (κ1) is 17.7. The molecule has 4 heterocycles. The van der Waals surface area contributed by atoms with Crippen LogP contribution >= 0.6 is 0 Å². The van der Waals surface area contributed by atoms with Crippen LogP contribution in [-0.4, -0.2) is 62.7 Å². The molecule has 0 aromatic carbocycles. The Balaban J connectivity index is 1.35. The van der Waals surface area contributed by atoms with Crippen LogP contribution in [0, 0.1) is 5.41 Å². The molecule has 2 aliphatic heterocycles. The van der Waals surface area contributed by atoms with E-state index in [4.69, 9.17) is 0 Å². The van der Waals surface area contributed by atoms with Gasteiger partial charge >= 0.3 is 0 Å². The lowest BCUT2D eigenvalue weighted by Crippen LogP contribution is -2.52. The summed E-state index contributed by atoms with van der Waals surface area (Å²) in [4.78, 5) is 39.9. The summed E-state index contributed by atoms with van der Waals surface area (Å²) in [5.74, 6) is 0.622. The van der Waals surface area contributed by atoms with Gasteiger partial charge in [0.1, 0.15) is 0 Å². The molecule has 2 saturated heterocycles. The third-order valence-electron chi connectivity index (χ3n) is 5.95. The topological polar surface area (TPSA) is 82.2 Å².